The zero-order chi connectivity index (χ0) is 20.0. The summed E-state index contributed by atoms with van der Waals surface area (Å²) < 4.78 is 38.6. The molecule has 0 aromatic heterocycles. The van der Waals surface area contributed by atoms with E-state index in [1.54, 1.807) is 34.6 Å². The number of hydrogen-bond acceptors (Lipinski definition) is 8. The van der Waals surface area contributed by atoms with Gasteiger partial charge in [-0.2, -0.15) is 0 Å². The minimum absolute atomic E-state index is 0.0232. The molecule has 0 bridgehead atoms. The van der Waals surface area contributed by atoms with Crippen LogP contribution in [0.25, 0.3) is 0 Å². The Hall–Kier alpha value is -1.89. The van der Waals surface area contributed by atoms with E-state index in [0.29, 0.717) is 6.29 Å². The number of phosphoric acid groups is 1. The summed E-state index contributed by atoms with van der Waals surface area (Å²) in [6.45, 7) is 8.57. The molecule has 0 N–H and O–H groups in total. The highest BCUT2D eigenvalue weighted by Gasteiger charge is 2.31. The summed E-state index contributed by atoms with van der Waals surface area (Å²) in [5.41, 5.74) is -0.667. The Balaban J connectivity index is 3.35. The van der Waals surface area contributed by atoms with E-state index in [1.165, 1.54) is 19.2 Å². The van der Waals surface area contributed by atoms with Crippen LogP contribution in [0.2, 0.25) is 0 Å². The maximum atomic E-state index is 12.6. The van der Waals surface area contributed by atoms with Gasteiger partial charge >= 0.3 is 13.8 Å². The highest BCUT2D eigenvalue weighted by molar-refractivity contribution is 7.48. The Morgan fingerprint density at radius 1 is 1.15 bits per heavy atom. The molecule has 146 valence electrons. The van der Waals surface area contributed by atoms with Crippen LogP contribution in [-0.2, 0) is 18.3 Å². The second kappa shape index (κ2) is 9.16. The fourth-order valence-corrected chi connectivity index (χ4v) is 3.16. The highest BCUT2D eigenvalue weighted by atomic mass is 31.2. The van der Waals surface area contributed by atoms with Gasteiger partial charge in [-0.1, -0.05) is 0 Å². The van der Waals surface area contributed by atoms with E-state index in [0.717, 1.165) is 0 Å². The molecule has 1 aromatic carbocycles. The molecule has 0 amide bonds. The van der Waals surface area contributed by atoms with Gasteiger partial charge in [-0.3, -0.25) is 13.8 Å². The van der Waals surface area contributed by atoms with Gasteiger partial charge in [0, 0.05) is 0 Å². The lowest BCUT2D eigenvalue weighted by Gasteiger charge is -2.22. The number of esters is 1. The van der Waals surface area contributed by atoms with E-state index >= 15 is 0 Å². The molecule has 0 fully saturated rings. The molecule has 8 nitrogen and oxygen atoms in total. The van der Waals surface area contributed by atoms with Crippen LogP contribution in [0.5, 0.6) is 11.5 Å². The summed E-state index contributed by atoms with van der Waals surface area (Å²) in [7, 11) is -2.63. The summed E-state index contributed by atoms with van der Waals surface area (Å²) in [5, 5.41) is 0. The summed E-state index contributed by atoms with van der Waals surface area (Å²) >= 11 is 0. The smallest absolute Gasteiger partial charge is 0.493 e. The van der Waals surface area contributed by atoms with Gasteiger partial charge in [0.05, 0.1) is 31.5 Å². The monoisotopic (exact) mass is 388 g/mol. The zero-order valence-corrected chi connectivity index (χ0v) is 16.8. The predicted octanol–water partition coefficient (Wildman–Crippen LogP) is 4.02. The molecular weight excluding hydrogens is 363 g/mol. The van der Waals surface area contributed by atoms with Crippen molar-refractivity contribution in [3.63, 3.8) is 0 Å². The van der Waals surface area contributed by atoms with Crippen LogP contribution in [0.1, 0.15) is 55.3 Å². The largest absolute Gasteiger partial charge is 0.530 e. The maximum Gasteiger partial charge on any atom is 0.530 e. The third-order valence-corrected chi connectivity index (χ3v) is 4.40. The molecule has 0 saturated carbocycles. The van der Waals surface area contributed by atoms with Gasteiger partial charge in [-0.05, 0) is 46.8 Å². The van der Waals surface area contributed by atoms with Crippen molar-refractivity contribution in [2.45, 2.75) is 40.2 Å². The zero-order valence-electron chi connectivity index (χ0n) is 15.9. The van der Waals surface area contributed by atoms with Crippen LogP contribution in [0.4, 0.5) is 0 Å². The first-order chi connectivity index (χ1) is 12.1. The number of benzene rings is 1. The molecule has 0 radical (unpaired) electrons. The number of carbonyl (C=O) groups excluding carboxylic acids is 2. The summed E-state index contributed by atoms with van der Waals surface area (Å²) in [5.74, 6) is -0.751. The van der Waals surface area contributed by atoms with Crippen molar-refractivity contribution in [2.75, 3.05) is 20.3 Å². The molecule has 0 aliphatic carbocycles. The normalized spacial score (nSPS) is 11.8. The molecule has 1 aromatic rings. The van der Waals surface area contributed by atoms with Crippen molar-refractivity contribution in [2.24, 2.45) is 0 Å². The average Bonchev–Trinajstić information content (AvgIpc) is 2.53. The Kier molecular flexibility index (Phi) is 7.81. The van der Waals surface area contributed by atoms with Crippen molar-refractivity contribution >= 4 is 20.1 Å². The summed E-state index contributed by atoms with van der Waals surface area (Å²) in [4.78, 5) is 23.8. The second-order valence-corrected chi connectivity index (χ2v) is 7.68. The van der Waals surface area contributed by atoms with Gasteiger partial charge in [0.15, 0.2) is 17.8 Å². The van der Waals surface area contributed by atoms with E-state index in [2.05, 4.69) is 0 Å². The van der Waals surface area contributed by atoms with E-state index in [-0.39, 0.29) is 35.8 Å². The molecule has 1 rings (SSSR count). The van der Waals surface area contributed by atoms with E-state index < -0.39 is 19.4 Å². The first-order valence-corrected chi connectivity index (χ1v) is 9.54. The second-order valence-electron chi connectivity index (χ2n) is 6.09. The van der Waals surface area contributed by atoms with Crippen molar-refractivity contribution in [1.29, 1.82) is 0 Å². The molecule has 0 spiro atoms. The molecule has 0 atom stereocenters. The van der Waals surface area contributed by atoms with Crippen LogP contribution in [0.15, 0.2) is 12.1 Å². The van der Waals surface area contributed by atoms with Crippen LogP contribution in [-0.4, -0.2) is 38.2 Å². The van der Waals surface area contributed by atoms with Gasteiger partial charge in [0.25, 0.3) is 0 Å². The van der Waals surface area contributed by atoms with Gasteiger partial charge in [-0.25, -0.2) is 9.36 Å². The van der Waals surface area contributed by atoms with Gasteiger partial charge in [-0.15, -0.1) is 0 Å². The first kappa shape index (κ1) is 22.2. The maximum absolute atomic E-state index is 12.6. The number of ether oxygens (including phenoxy) is 2. The van der Waals surface area contributed by atoms with Gasteiger partial charge in [0.1, 0.15) is 5.60 Å². The number of phosphoric ester groups is 1. The quantitative estimate of drug-likeness (QED) is 0.355. The van der Waals surface area contributed by atoms with Crippen LogP contribution >= 0.6 is 7.82 Å². The molecule has 0 heterocycles. The SMILES string of the molecule is CCOP(=O)(OCC)Oc1c(C=O)cc(C(=O)OC(C)(C)C)cc1OC. The lowest BCUT2D eigenvalue weighted by molar-refractivity contribution is 0.00691. The lowest BCUT2D eigenvalue weighted by atomic mass is 10.1. The average molecular weight is 388 g/mol. The minimum Gasteiger partial charge on any atom is -0.493 e. The minimum atomic E-state index is -3.95. The topological polar surface area (TPSA) is 97.4 Å². The number of rotatable bonds is 9. The summed E-state index contributed by atoms with van der Waals surface area (Å²) in [6, 6.07) is 2.60. The standard InChI is InChI=1S/C17H25O8P/c1-7-22-26(20,23-8-2)25-15-13(11-18)9-12(10-14(15)21-6)16(19)24-17(3,4)5/h9-11H,7-8H2,1-6H3. The first-order valence-electron chi connectivity index (χ1n) is 8.08. The number of aldehydes is 1. The Morgan fingerprint density at radius 2 is 1.73 bits per heavy atom. The van der Waals surface area contributed by atoms with Crippen LogP contribution in [0.3, 0.4) is 0 Å². The van der Waals surface area contributed by atoms with E-state index in [9.17, 15) is 14.2 Å². The fraction of sp³-hybridized carbons (Fsp3) is 0.529. The molecular formula is C17H25O8P. The lowest BCUT2D eigenvalue weighted by Crippen LogP contribution is -2.24. The predicted molar refractivity (Wildman–Crippen MR) is 95.0 cm³/mol. The number of carbonyl (C=O) groups is 2. The van der Waals surface area contributed by atoms with Crippen molar-refractivity contribution < 1.29 is 37.2 Å². The highest BCUT2D eigenvalue weighted by Crippen LogP contribution is 2.52. The van der Waals surface area contributed by atoms with Crippen molar-refractivity contribution in [3.05, 3.63) is 23.3 Å². The van der Waals surface area contributed by atoms with Crippen LogP contribution in [0, 0.1) is 0 Å². The van der Waals surface area contributed by atoms with Crippen molar-refractivity contribution in [3.8, 4) is 11.5 Å². The van der Waals surface area contributed by atoms with Crippen molar-refractivity contribution in [1.82, 2.24) is 0 Å². The third-order valence-electron chi connectivity index (χ3n) is 2.84. The van der Waals surface area contributed by atoms with E-state index in [1.807, 2.05) is 0 Å². The molecule has 26 heavy (non-hydrogen) atoms. The molecule has 0 aliphatic heterocycles. The Bertz CT molecular complexity index is 683. The molecule has 0 aliphatic rings. The molecule has 0 unspecified atom stereocenters. The third kappa shape index (κ3) is 6.12. The van der Waals surface area contributed by atoms with Gasteiger partial charge in [0.2, 0.25) is 0 Å². The number of methoxy groups -OCH3 is 1. The summed E-state index contributed by atoms with van der Waals surface area (Å²) in [6.07, 6.45) is 0.452. The van der Waals surface area contributed by atoms with Crippen LogP contribution < -0.4 is 9.26 Å². The van der Waals surface area contributed by atoms with Gasteiger partial charge < -0.3 is 14.0 Å². The number of hydrogen-bond donors (Lipinski definition) is 0. The molecule has 9 heteroatoms. The Morgan fingerprint density at radius 3 is 2.15 bits per heavy atom. The fourth-order valence-electron chi connectivity index (χ4n) is 1.93. The Labute approximate surface area is 153 Å². The molecule has 0 saturated heterocycles. The van der Waals surface area contributed by atoms with E-state index in [4.69, 9.17) is 23.0 Å².